The molecule has 0 unspecified atom stereocenters. The van der Waals surface area contributed by atoms with Crippen LogP contribution in [0.15, 0.2) is 18.2 Å². The molecule has 18 heavy (non-hydrogen) atoms. The van der Waals surface area contributed by atoms with Crippen LogP contribution in [0.3, 0.4) is 0 Å². The molecule has 96 valence electrons. The second-order valence-electron chi connectivity index (χ2n) is 3.95. The zero-order valence-electron chi connectivity index (χ0n) is 10.1. The molecule has 1 aromatic heterocycles. The Labute approximate surface area is 109 Å². The van der Waals surface area contributed by atoms with Crippen LogP contribution in [0.5, 0.6) is 5.75 Å². The summed E-state index contributed by atoms with van der Waals surface area (Å²) in [5.41, 5.74) is 7.06. The summed E-state index contributed by atoms with van der Waals surface area (Å²) >= 11 is 6.06. The van der Waals surface area contributed by atoms with E-state index in [0.29, 0.717) is 10.9 Å². The number of ether oxygens (including phenoxy) is 1. The van der Waals surface area contributed by atoms with Crippen LogP contribution in [0.1, 0.15) is 11.3 Å². The number of hydrogen-bond acceptors (Lipinski definition) is 3. The van der Waals surface area contributed by atoms with Gasteiger partial charge in [-0.05, 0) is 19.1 Å². The molecule has 2 aromatic rings. The molecule has 0 fully saturated rings. The number of anilines is 1. The Morgan fingerprint density at radius 1 is 1.50 bits per heavy atom. The molecule has 4 nitrogen and oxygen atoms in total. The van der Waals surface area contributed by atoms with E-state index >= 15 is 0 Å². The number of nitrogens with two attached hydrogens (primary N) is 1. The molecule has 2 rings (SSSR count). The molecule has 0 aliphatic carbocycles. The normalized spacial score (nSPS) is 10.7. The van der Waals surface area contributed by atoms with E-state index in [-0.39, 0.29) is 12.3 Å². The average Bonchev–Trinajstić information content (AvgIpc) is 2.56. The molecule has 1 heterocycles. The SMILES string of the molecule is Cc1nn(C)c(Cl)c1COc1ccc(N)c(F)c1. The third-order valence-electron chi connectivity index (χ3n) is 2.62. The molecule has 2 N–H and O–H groups in total. The van der Waals surface area contributed by atoms with Gasteiger partial charge in [0.15, 0.2) is 0 Å². The van der Waals surface area contributed by atoms with Gasteiger partial charge in [-0.25, -0.2) is 4.39 Å². The molecule has 1 aromatic carbocycles. The summed E-state index contributed by atoms with van der Waals surface area (Å²) in [5.74, 6) is -0.0949. The average molecular weight is 270 g/mol. The fourth-order valence-electron chi connectivity index (χ4n) is 1.59. The van der Waals surface area contributed by atoms with Crippen LogP contribution in [-0.2, 0) is 13.7 Å². The van der Waals surface area contributed by atoms with Crippen LogP contribution < -0.4 is 10.5 Å². The molecule has 0 aliphatic heterocycles. The van der Waals surface area contributed by atoms with Crippen molar-refractivity contribution in [2.75, 3.05) is 5.73 Å². The predicted molar refractivity (Wildman–Crippen MR) is 68.1 cm³/mol. The minimum absolute atomic E-state index is 0.0953. The summed E-state index contributed by atoms with van der Waals surface area (Å²) in [6, 6.07) is 4.31. The summed E-state index contributed by atoms with van der Waals surface area (Å²) in [4.78, 5) is 0. The first-order valence-corrected chi connectivity index (χ1v) is 5.72. The number of aromatic nitrogens is 2. The lowest BCUT2D eigenvalue weighted by Gasteiger charge is -2.07. The minimum Gasteiger partial charge on any atom is -0.489 e. The van der Waals surface area contributed by atoms with Crippen LogP contribution in [0, 0.1) is 12.7 Å². The molecule has 0 aliphatic rings. The van der Waals surface area contributed by atoms with Crippen molar-refractivity contribution >= 4 is 17.3 Å². The Kier molecular flexibility index (Phi) is 3.43. The van der Waals surface area contributed by atoms with Gasteiger partial charge in [0, 0.05) is 18.7 Å². The van der Waals surface area contributed by atoms with E-state index in [2.05, 4.69) is 5.10 Å². The first kappa shape index (κ1) is 12.7. The van der Waals surface area contributed by atoms with Gasteiger partial charge in [-0.3, -0.25) is 4.68 Å². The van der Waals surface area contributed by atoms with Crippen molar-refractivity contribution in [2.45, 2.75) is 13.5 Å². The molecule has 6 heteroatoms. The smallest absolute Gasteiger partial charge is 0.149 e. The number of hydrogen-bond donors (Lipinski definition) is 1. The van der Waals surface area contributed by atoms with Gasteiger partial charge in [-0.2, -0.15) is 5.10 Å². The monoisotopic (exact) mass is 269 g/mol. The zero-order chi connectivity index (χ0) is 13.3. The quantitative estimate of drug-likeness (QED) is 0.872. The topological polar surface area (TPSA) is 53.1 Å². The van der Waals surface area contributed by atoms with Crippen molar-refractivity contribution in [3.05, 3.63) is 40.4 Å². The number of aryl methyl sites for hydroxylation is 2. The molecule has 0 saturated carbocycles. The molecule has 0 spiro atoms. The summed E-state index contributed by atoms with van der Waals surface area (Å²) < 4.78 is 20.3. The fourth-order valence-corrected chi connectivity index (χ4v) is 1.82. The number of rotatable bonds is 3. The maximum atomic E-state index is 13.2. The number of nitrogen functional groups attached to an aromatic ring is 1. The highest BCUT2D eigenvalue weighted by molar-refractivity contribution is 6.30. The summed E-state index contributed by atoms with van der Waals surface area (Å²) in [5, 5.41) is 4.68. The van der Waals surface area contributed by atoms with Crippen molar-refractivity contribution in [3.63, 3.8) is 0 Å². The van der Waals surface area contributed by atoms with Gasteiger partial charge in [-0.1, -0.05) is 11.6 Å². The molecule has 0 atom stereocenters. The maximum absolute atomic E-state index is 13.2. The number of benzene rings is 1. The highest BCUT2D eigenvalue weighted by Gasteiger charge is 2.12. The van der Waals surface area contributed by atoms with Crippen LogP contribution in [0.2, 0.25) is 5.15 Å². The first-order valence-electron chi connectivity index (χ1n) is 5.35. The zero-order valence-corrected chi connectivity index (χ0v) is 10.8. The Morgan fingerprint density at radius 3 is 2.78 bits per heavy atom. The van der Waals surface area contributed by atoms with Crippen LogP contribution in [0.25, 0.3) is 0 Å². The molecular weight excluding hydrogens is 257 g/mol. The van der Waals surface area contributed by atoms with Gasteiger partial charge in [0.1, 0.15) is 23.3 Å². The Bertz CT molecular complexity index is 583. The highest BCUT2D eigenvalue weighted by Crippen LogP contribution is 2.23. The molecule has 0 saturated heterocycles. The largest absolute Gasteiger partial charge is 0.489 e. The fraction of sp³-hybridized carbons (Fsp3) is 0.250. The molecular formula is C12H13ClFN3O. The predicted octanol–water partition coefficient (Wildman–Crippen LogP) is 2.68. The second kappa shape index (κ2) is 4.86. The highest BCUT2D eigenvalue weighted by atomic mass is 35.5. The third kappa shape index (κ3) is 2.41. The number of halogens is 2. The lowest BCUT2D eigenvalue weighted by atomic mass is 10.2. The van der Waals surface area contributed by atoms with E-state index in [0.717, 1.165) is 11.3 Å². The van der Waals surface area contributed by atoms with Crippen molar-refractivity contribution in [1.82, 2.24) is 9.78 Å². The van der Waals surface area contributed by atoms with Gasteiger partial charge in [-0.15, -0.1) is 0 Å². The standard InChI is InChI=1S/C12H13ClFN3O/c1-7-9(12(13)17(2)16-7)6-18-8-3-4-11(15)10(14)5-8/h3-5H,6,15H2,1-2H3. The van der Waals surface area contributed by atoms with E-state index < -0.39 is 5.82 Å². The van der Waals surface area contributed by atoms with E-state index in [9.17, 15) is 4.39 Å². The summed E-state index contributed by atoms with van der Waals surface area (Å²) in [6.45, 7) is 2.08. The maximum Gasteiger partial charge on any atom is 0.149 e. The van der Waals surface area contributed by atoms with Gasteiger partial charge >= 0.3 is 0 Å². The Hall–Kier alpha value is -1.75. The van der Waals surface area contributed by atoms with Crippen molar-refractivity contribution < 1.29 is 9.13 Å². The minimum atomic E-state index is -0.499. The van der Waals surface area contributed by atoms with Crippen molar-refractivity contribution in [2.24, 2.45) is 7.05 Å². The molecule has 0 bridgehead atoms. The van der Waals surface area contributed by atoms with Gasteiger partial charge < -0.3 is 10.5 Å². The van der Waals surface area contributed by atoms with Gasteiger partial charge in [0.25, 0.3) is 0 Å². The van der Waals surface area contributed by atoms with Crippen LogP contribution in [-0.4, -0.2) is 9.78 Å². The molecule has 0 amide bonds. The lowest BCUT2D eigenvalue weighted by molar-refractivity contribution is 0.304. The van der Waals surface area contributed by atoms with E-state index in [1.54, 1.807) is 17.8 Å². The number of nitrogens with zero attached hydrogens (tertiary/aromatic N) is 2. The van der Waals surface area contributed by atoms with E-state index in [1.165, 1.54) is 12.1 Å². The van der Waals surface area contributed by atoms with Crippen molar-refractivity contribution in [3.8, 4) is 5.75 Å². The van der Waals surface area contributed by atoms with Gasteiger partial charge in [0.2, 0.25) is 0 Å². The summed E-state index contributed by atoms with van der Waals surface area (Å²) in [7, 11) is 1.75. The van der Waals surface area contributed by atoms with Crippen LogP contribution >= 0.6 is 11.6 Å². The Morgan fingerprint density at radius 2 is 2.22 bits per heavy atom. The molecule has 0 radical (unpaired) electrons. The Balaban J connectivity index is 2.14. The van der Waals surface area contributed by atoms with Crippen LogP contribution in [0.4, 0.5) is 10.1 Å². The second-order valence-corrected chi connectivity index (χ2v) is 4.31. The van der Waals surface area contributed by atoms with E-state index in [1.807, 2.05) is 6.92 Å². The third-order valence-corrected chi connectivity index (χ3v) is 3.10. The van der Waals surface area contributed by atoms with E-state index in [4.69, 9.17) is 22.1 Å². The van der Waals surface area contributed by atoms with Gasteiger partial charge in [0.05, 0.1) is 11.4 Å². The lowest BCUT2D eigenvalue weighted by Crippen LogP contribution is -1.98. The first-order chi connectivity index (χ1) is 8.49. The van der Waals surface area contributed by atoms with Crippen molar-refractivity contribution in [1.29, 1.82) is 0 Å². The summed E-state index contributed by atoms with van der Waals surface area (Å²) in [6.07, 6.45) is 0.